The maximum Gasteiger partial charge on any atom is 0.328 e. The minimum absolute atomic E-state index is 0.0265. The summed E-state index contributed by atoms with van der Waals surface area (Å²) in [6, 6.07) is 9.11. The number of amides is 1. The lowest BCUT2D eigenvalue weighted by atomic mass is 10.0. The number of benzene rings is 2. The number of hydrogen-bond donors (Lipinski definition) is 5. The number of aryl methyl sites for hydroxylation is 1. The molecule has 0 aliphatic rings. The lowest BCUT2D eigenvalue weighted by molar-refractivity contribution is -0.145. The molecular formula is C24H30N2O8. The van der Waals surface area contributed by atoms with Crippen molar-refractivity contribution >= 4 is 17.8 Å². The Morgan fingerprint density at radius 2 is 1.65 bits per heavy atom. The van der Waals surface area contributed by atoms with Crippen molar-refractivity contribution < 1.29 is 39.2 Å². The first-order chi connectivity index (χ1) is 16.2. The van der Waals surface area contributed by atoms with Gasteiger partial charge in [0, 0.05) is 6.42 Å². The van der Waals surface area contributed by atoms with Crippen LogP contribution in [0.1, 0.15) is 24.0 Å². The Kier molecular flexibility index (Phi) is 10.2. The van der Waals surface area contributed by atoms with Gasteiger partial charge in [-0.15, -0.1) is 0 Å². The van der Waals surface area contributed by atoms with Gasteiger partial charge in [-0.05, 0) is 54.8 Å². The minimum atomic E-state index is -1.17. The number of esters is 1. The van der Waals surface area contributed by atoms with Crippen LogP contribution in [0.25, 0.3) is 0 Å². The Balaban J connectivity index is 1.97. The summed E-state index contributed by atoms with van der Waals surface area (Å²) >= 11 is 0. The smallest absolute Gasteiger partial charge is 0.328 e. The second kappa shape index (κ2) is 13.0. The third-order valence-corrected chi connectivity index (χ3v) is 5.15. The zero-order valence-electron chi connectivity index (χ0n) is 19.1. The normalized spacial score (nSPS) is 12.4. The number of ether oxygens (including phenoxy) is 2. The number of carbonyl (C=O) groups excluding carboxylic acids is 2. The fourth-order valence-electron chi connectivity index (χ4n) is 3.37. The van der Waals surface area contributed by atoms with Gasteiger partial charge in [0.25, 0.3) is 0 Å². The monoisotopic (exact) mass is 474 g/mol. The van der Waals surface area contributed by atoms with Gasteiger partial charge in [-0.3, -0.25) is 9.59 Å². The number of carbonyl (C=O) groups is 3. The lowest BCUT2D eigenvalue weighted by Crippen LogP contribution is -2.52. The van der Waals surface area contributed by atoms with E-state index in [1.165, 1.54) is 26.4 Å². The fraction of sp³-hybridized carbons (Fsp3) is 0.375. The quantitative estimate of drug-likeness (QED) is 0.214. The van der Waals surface area contributed by atoms with E-state index in [-0.39, 0.29) is 17.9 Å². The maximum atomic E-state index is 12.8. The Bertz CT molecular complexity index is 977. The van der Waals surface area contributed by atoms with Crippen LogP contribution in [0.3, 0.4) is 0 Å². The molecule has 0 saturated heterocycles. The molecule has 0 aliphatic heterocycles. The van der Waals surface area contributed by atoms with Crippen molar-refractivity contribution in [2.24, 2.45) is 0 Å². The number of nitrogens with one attached hydrogen (secondary N) is 2. The third kappa shape index (κ3) is 8.28. The molecule has 0 aromatic heterocycles. The first-order valence-electron chi connectivity index (χ1n) is 10.7. The van der Waals surface area contributed by atoms with Crippen LogP contribution < -0.4 is 15.4 Å². The van der Waals surface area contributed by atoms with Gasteiger partial charge in [0.1, 0.15) is 11.8 Å². The number of phenols is 2. The number of aromatic hydroxyl groups is 2. The molecule has 0 aliphatic carbocycles. The molecule has 184 valence electrons. The van der Waals surface area contributed by atoms with E-state index in [0.29, 0.717) is 30.7 Å². The molecule has 2 rings (SSSR count). The number of aliphatic carboxylic acids is 1. The summed E-state index contributed by atoms with van der Waals surface area (Å²) in [4.78, 5) is 36.3. The van der Waals surface area contributed by atoms with E-state index in [0.717, 1.165) is 5.56 Å². The van der Waals surface area contributed by atoms with Gasteiger partial charge in [0.2, 0.25) is 5.91 Å². The Morgan fingerprint density at radius 3 is 2.24 bits per heavy atom. The molecule has 0 saturated carbocycles. The summed E-state index contributed by atoms with van der Waals surface area (Å²) in [6.45, 7) is 0.332. The minimum Gasteiger partial charge on any atom is -0.508 e. The largest absolute Gasteiger partial charge is 0.508 e. The average Bonchev–Trinajstić information content (AvgIpc) is 2.81. The molecule has 2 atom stereocenters. The second-order valence-corrected chi connectivity index (χ2v) is 7.67. The van der Waals surface area contributed by atoms with Crippen LogP contribution in [0.4, 0.5) is 0 Å². The number of carboxylic acids is 1. The zero-order chi connectivity index (χ0) is 25.1. The average molecular weight is 475 g/mol. The molecule has 10 heteroatoms. The standard InChI is InChI=1S/C24H30N2O8/c1-33-21-10-7-15(13-20(21)28)4-3-11-25-18(14-22(29)30)23(31)26-19(24(32)34-2)12-16-5-8-17(27)9-6-16/h5-10,13,18-19,25,27-28H,3-4,11-12,14H2,1-2H3,(H,26,31)(H,29,30)/t18-,19-/m0/s1. The molecule has 34 heavy (non-hydrogen) atoms. The van der Waals surface area contributed by atoms with Gasteiger partial charge in [0.15, 0.2) is 11.5 Å². The molecule has 2 aromatic carbocycles. The zero-order valence-corrected chi connectivity index (χ0v) is 19.1. The van der Waals surface area contributed by atoms with Crippen molar-refractivity contribution in [1.82, 2.24) is 10.6 Å². The maximum absolute atomic E-state index is 12.8. The molecular weight excluding hydrogens is 444 g/mol. The van der Waals surface area contributed by atoms with Crippen molar-refractivity contribution in [2.75, 3.05) is 20.8 Å². The van der Waals surface area contributed by atoms with E-state index < -0.39 is 36.4 Å². The molecule has 0 bridgehead atoms. The lowest BCUT2D eigenvalue weighted by Gasteiger charge is -2.21. The summed E-state index contributed by atoms with van der Waals surface area (Å²) in [6.07, 6.45) is 0.794. The van der Waals surface area contributed by atoms with E-state index in [4.69, 9.17) is 9.47 Å². The van der Waals surface area contributed by atoms with Crippen molar-refractivity contribution in [3.63, 3.8) is 0 Å². The van der Waals surface area contributed by atoms with E-state index in [2.05, 4.69) is 10.6 Å². The Labute approximate surface area is 197 Å². The number of phenolic OH excluding ortho intramolecular Hbond substituents is 2. The summed E-state index contributed by atoms with van der Waals surface area (Å²) < 4.78 is 9.79. The number of hydrogen-bond acceptors (Lipinski definition) is 8. The highest BCUT2D eigenvalue weighted by molar-refractivity contribution is 5.90. The second-order valence-electron chi connectivity index (χ2n) is 7.67. The summed E-state index contributed by atoms with van der Waals surface area (Å²) in [5.74, 6) is -2.02. The molecule has 0 fully saturated rings. The summed E-state index contributed by atoms with van der Waals surface area (Å²) in [7, 11) is 2.66. The van der Waals surface area contributed by atoms with Crippen LogP contribution in [0.5, 0.6) is 17.2 Å². The molecule has 2 aromatic rings. The molecule has 0 spiro atoms. The molecule has 0 heterocycles. The first-order valence-corrected chi connectivity index (χ1v) is 10.7. The van der Waals surface area contributed by atoms with Gasteiger partial charge >= 0.3 is 11.9 Å². The van der Waals surface area contributed by atoms with Crippen LogP contribution in [-0.2, 0) is 32.0 Å². The van der Waals surface area contributed by atoms with Gasteiger partial charge in [0.05, 0.1) is 26.7 Å². The van der Waals surface area contributed by atoms with E-state index in [1.807, 2.05) is 6.07 Å². The van der Waals surface area contributed by atoms with Gasteiger partial charge in [-0.25, -0.2) is 4.79 Å². The van der Waals surface area contributed by atoms with Crippen LogP contribution in [0, 0.1) is 0 Å². The van der Waals surface area contributed by atoms with E-state index >= 15 is 0 Å². The van der Waals surface area contributed by atoms with Crippen LogP contribution >= 0.6 is 0 Å². The Morgan fingerprint density at radius 1 is 0.971 bits per heavy atom. The van der Waals surface area contributed by atoms with Gasteiger partial charge in [-0.1, -0.05) is 18.2 Å². The SMILES string of the molecule is COC(=O)[C@H](Cc1ccc(O)cc1)NC(=O)[C@H](CC(=O)O)NCCCc1ccc(OC)c(O)c1. The highest BCUT2D eigenvalue weighted by Crippen LogP contribution is 2.26. The highest BCUT2D eigenvalue weighted by atomic mass is 16.5. The number of rotatable bonds is 13. The van der Waals surface area contributed by atoms with Crippen molar-refractivity contribution in [2.45, 2.75) is 37.8 Å². The molecule has 0 unspecified atom stereocenters. The van der Waals surface area contributed by atoms with Crippen LogP contribution in [0.2, 0.25) is 0 Å². The fourth-order valence-corrected chi connectivity index (χ4v) is 3.37. The molecule has 5 N–H and O–H groups in total. The molecule has 0 radical (unpaired) electrons. The van der Waals surface area contributed by atoms with Crippen molar-refractivity contribution in [3.05, 3.63) is 53.6 Å². The van der Waals surface area contributed by atoms with Gasteiger partial charge < -0.3 is 35.4 Å². The van der Waals surface area contributed by atoms with Crippen molar-refractivity contribution in [3.8, 4) is 17.2 Å². The molecule has 10 nitrogen and oxygen atoms in total. The summed E-state index contributed by atoms with van der Waals surface area (Å²) in [5.41, 5.74) is 1.54. The van der Waals surface area contributed by atoms with E-state index in [1.54, 1.807) is 24.3 Å². The number of carboxylic acid groups (broad SMARTS) is 1. The predicted molar refractivity (Wildman–Crippen MR) is 123 cm³/mol. The Hall–Kier alpha value is -3.79. The van der Waals surface area contributed by atoms with E-state index in [9.17, 15) is 29.7 Å². The molecule has 1 amide bonds. The highest BCUT2D eigenvalue weighted by Gasteiger charge is 2.27. The van der Waals surface area contributed by atoms with Gasteiger partial charge in [-0.2, -0.15) is 0 Å². The number of methoxy groups -OCH3 is 2. The predicted octanol–water partition coefficient (Wildman–Crippen LogP) is 1.37. The van der Waals surface area contributed by atoms with Crippen LogP contribution in [-0.4, -0.2) is 66.0 Å². The topological polar surface area (TPSA) is 154 Å². The third-order valence-electron chi connectivity index (χ3n) is 5.15. The van der Waals surface area contributed by atoms with Crippen LogP contribution in [0.15, 0.2) is 42.5 Å². The summed E-state index contributed by atoms with van der Waals surface area (Å²) in [5, 5.41) is 34.0. The first kappa shape index (κ1) is 26.5. The van der Waals surface area contributed by atoms with Crippen molar-refractivity contribution in [1.29, 1.82) is 0 Å².